The van der Waals surface area contributed by atoms with E-state index in [4.69, 9.17) is 5.73 Å². The zero-order valence-electron chi connectivity index (χ0n) is 12.4. The van der Waals surface area contributed by atoms with Crippen LogP contribution in [0.1, 0.15) is 31.4 Å². The number of nitrogens with one attached hydrogen (secondary N) is 2. The van der Waals surface area contributed by atoms with Crippen molar-refractivity contribution >= 4 is 17.6 Å². The summed E-state index contributed by atoms with van der Waals surface area (Å²) in [6, 6.07) is 6.93. The first-order valence-corrected chi connectivity index (χ1v) is 7.18. The maximum Gasteiger partial charge on any atom is 0.321 e. The van der Waals surface area contributed by atoms with Crippen LogP contribution in [0.5, 0.6) is 0 Å². The molecule has 1 aromatic carbocycles. The molecule has 0 radical (unpaired) electrons. The molecule has 0 bridgehead atoms. The second-order valence-corrected chi connectivity index (χ2v) is 5.25. The fourth-order valence-corrected chi connectivity index (χ4v) is 2.64. The maximum absolute atomic E-state index is 12.2. The van der Waals surface area contributed by atoms with E-state index in [-0.39, 0.29) is 11.9 Å². The van der Waals surface area contributed by atoms with Crippen molar-refractivity contribution in [2.45, 2.75) is 31.8 Å². The summed E-state index contributed by atoms with van der Waals surface area (Å²) in [7, 11) is 1.48. The molecule has 2 rings (SSSR count). The van der Waals surface area contributed by atoms with Crippen LogP contribution in [0.15, 0.2) is 24.3 Å². The van der Waals surface area contributed by atoms with Gasteiger partial charge in [0.1, 0.15) is 6.04 Å². The normalized spacial score (nSPS) is 19.2. The van der Waals surface area contributed by atoms with Crippen LogP contribution in [0.4, 0.5) is 10.5 Å². The third kappa shape index (κ3) is 3.33. The molecule has 6 nitrogen and oxygen atoms in total. The second-order valence-electron chi connectivity index (χ2n) is 5.25. The molecule has 0 aromatic heterocycles. The van der Waals surface area contributed by atoms with E-state index in [2.05, 4.69) is 10.6 Å². The van der Waals surface area contributed by atoms with Gasteiger partial charge in [-0.3, -0.25) is 10.1 Å². The van der Waals surface area contributed by atoms with Gasteiger partial charge in [0.05, 0.1) is 0 Å². The number of hydrogen-bond donors (Lipinski definition) is 3. The van der Waals surface area contributed by atoms with Gasteiger partial charge >= 0.3 is 6.03 Å². The molecule has 3 amide bonds. The Morgan fingerprint density at radius 3 is 2.81 bits per heavy atom. The Labute approximate surface area is 124 Å². The summed E-state index contributed by atoms with van der Waals surface area (Å²) in [6.07, 6.45) is 1.80. The predicted octanol–water partition coefficient (Wildman–Crippen LogP) is 1.13. The molecule has 0 fully saturated rings. The number of carbonyl (C=O) groups excluding carboxylic acids is 2. The van der Waals surface area contributed by atoms with E-state index < -0.39 is 12.1 Å². The molecule has 1 aliphatic rings. The van der Waals surface area contributed by atoms with Gasteiger partial charge in [0.15, 0.2) is 0 Å². The fraction of sp³-hybridized carbons (Fsp3) is 0.467. The number of anilines is 1. The second kappa shape index (κ2) is 6.58. The summed E-state index contributed by atoms with van der Waals surface area (Å²) in [5, 5.41) is 4.71. The van der Waals surface area contributed by atoms with E-state index >= 15 is 0 Å². The van der Waals surface area contributed by atoms with Crippen LogP contribution >= 0.6 is 0 Å². The molecule has 4 N–H and O–H groups in total. The number of hydrogen-bond acceptors (Lipinski definition) is 4. The third-order valence-electron chi connectivity index (χ3n) is 3.87. The highest BCUT2D eigenvalue weighted by Crippen LogP contribution is 2.32. The Kier molecular flexibility index (Phi) is 4.80. The standard InChI is InChI=1S/C15H22N4O2/c1-10(14(20)18-15(21)17-2)19-9-5-7-12(16)11-6-3-4-8-13(11)19/h3-4,6,8,10,12H,5,7,9,16H2,1-2H3,(H2,17,18,20,21). The molecule has 1 aromatic rings. The highest BCUT2D eigenvalue weighted by atomic mass is 16.2. The van der Waals surface area contributed by atoms with E-state index in [1.54, 1.807) is 6.92 Å². The van der Waals surface area contributed by atoms with Gasteiger partial charge in [-0.1, -0.05) is 18.2 Å². The van der Waals surface area contributed by atoms with Crippen molar-refractivity contribution < 1.29 is 9.59 Å². The zero-order valence-corrected chi connectivity index (χ0v) is 12.4. The molecule has 0 saturated carbocycles. The summed E-state index contributed by atoms with van der Waals surface area (Å²) < 4.78 is 0. The molecule has 114 valence electrons. The van der Waals surface area contributed by atoms with Crippen molar-refractivity contribution in [3.05, 3.63) is 29.8 Å². The molecular formula is C15H22N4O2. The highest BCUT2D eigenvalue weighted by molar-refractivity contribution is 5.98. The average molecular weight is 290 g/mol. The molecular weight excluding hydrogens is 268 g/mol. The van der Waals surface area contributed by atoms with Crippen molar-refractivity contribution in [3.8, 4) is 0 Å². The molecule has 6 heteroatoms. The summed E-state index contributed by atoms with van der Waals surface area (Å²) in [4.78, 5) is 25.5. The van der Waals surface area contributed by atoms with Crippen LogP contribution in [0.25, 0.3) is 0 Å². The lowest BCUT2D eigenvalue weighted by Gasteiger charge is -2.30. The minimum Gasteiger partial charge on any atom is -0.359 e. The number of fused-ring (bicyclic) bond motifs is 1. The largest absolute Gasteiger partial charge is 0.359 e. The Balaban J connectivity index is 2.24. The molecule has 1 aliphatic heterocycles. The lowest BCUT2D eigenvalue weighted by molar-refractivity contribution is -0.121. The smallest absolute Gasteiger partial charge is 0.321 e. The minimum atomic E-state index is -0.494. The van der Waals surface area contributed by atoms with Gasteiger partial charge in [-0.15, -0.1) is 0 Å². The number of benzene rings is 1. The molecule has 1 heterocycles. The minimum absolute atomic E-state index is 0.0135. The van der Waals surface area contributed by atoms with Crippen LogP contribution in [-0.2, 0) is 4.79 Å². The number of imide groups is 1. The van der Waals surface area contributed by atoms with E-state index in [1.807, 2.05) is 29.2 Å². The first-order chi connectivity index (χ1) is 10.0. The van der Waals surface area contributed by atoms with Gasteiger partial charge in [-0.2, -0.15) is 0 Å². The van der Waals surface area contributed by atoms with Gasteiger partial charge < -0.3 is 16.0 Å². The lowest BCUT2D eigenvalue weighted by Crippen LogP contribution is -2.49. The number of amides is 3. The number of carbonyl (C=O) groups is 2. The third-order valence-corrected chi connectivity index (χ3v) is 3.87. The Morgan fingerprint density at radius 2 is 2.10 bits per heavy atom. The van der Waals surface area contributed by atoms with Crippen molar-refractivity contribution in [1.82, 2.24) is 10.6 Å². The van der Waals surface area contributed by atoms with Crippen LogP contribution in [0, 0.1) is 0 Å². The summed E-state index contributed by atoms with van der Waals surface area (Å²) in [5.74, 6) is -0.320. The zero-order chi connectivity index (χ0) is 15.4. The predicted molar refractivity (Wildman–Crippen MR) is 82.0 cm³/mol. The van der Waals surface area contributed by atoms with Gasteiger partial charge in [0.25, 0.3) is 0 Å². The summed E-state index contributed by atoms with van der Waals surface area (Å²) in [6.45, 7) is 2.54. The van der Waals surface area contributed by atoms with Gasteiger partial charge in [0, 0.05) is 25.3 Å². The lowest BCUT2D eigenvalue weighted by atomic mass is 10.0. The fourth-order valence-electron chi connectivity index (χ4n) is 2.64. The van der Waals surface area contributed by atoms with Gasteiger partial charge in [0.2, 0.25) is 5.91 Å². The van der Waals surface area contributed by atoms with E-state index in [9.17, 15) is 9.59 Å². The summed E-state index contributed by atoms with van der Waals surface area (Å²) in [5.41, 5.74) is 8.22. The van der Waals surface area contributed by atoms with Crippen molar-refractivity contribution in [3.63, 3.8) is 0 Å². The van der Waals surface area contributed by atoms with E-state index in [0.717, 1.165) is 30.6 Å². The van der Waals surface area contributed by atoms with Crippen LogP contribution in [0.3, 0.4) is 0 Å². The van der Waals surface area contributed by atoms with Crippen LogP contribution in [-0.4, -0.2) is 31.6 Å². The SMILES string of the molecule is CNC(=O)NC(=O)C(C)N1CCCC(N)c2ccccc21. The number of nitrogens with two attached hydrogens (primary N) is 1. The average Bonchev–Trinajstić information content (AvgIpc) is 2.66. The van der Waals surface area contributed by atoms with E-state index in [0.29, 0.717) is 0 Å². The first kappa shape index (κ1) is 15.3. The van der Waals surface area contributed by atoms with Crippen molar-refractivity contribution in [2.75, 3.05) is 18.5 Å². The molecule has 2 unspecified atom stereocenters. The van der Waals surface area contributed by atoms with Crippen molar-refractivity contribution in [2.24, 2.45) is 5.73 Å². The first-order valence-electron chi connectivity index (χ1n) is 7.18. The molecule has 2 atom stereocenters. The van der Waals surface area contributed by atoms with E-state index in [1.165, 1.54) is 7.05 Å². The summed E-state index contributed by atoms with van der Waals surface area (Å²) >= 11 is 0. The number of nitrogens with zero attached hydrogens (tertiary/aromatic N) is 1. The number of para-hydroxylation sites is 1. The van der Waals surface area contributed by atoms with Crippen LogP contribution in [0.2, 0.25) is 0 Å². The number of urea groups is 1. The number of rotatable bonds is 2. The Hall–Kier alpha value is -2.08. The monoisotopic (exact) mass is 290 g/mol. The highest BCUT2D eigenvalue weighted by Gasteiger charge is 2.27. The van der Waals surface area contributed by atoms with Gasteiger partial charge in [-0.05, 0) is 31.4 Å². The molecule has 0 aliphatic carbocycles. The molecule has 0 saturated heterocycles. The van der Waals surface area contributed by atoms with Gasteiger partial charge in [-0.25, -0.2) is 4.79 Å². The van der Waals surface area contributed by atoms with Crippen molar-refractivity contribution in [1.29, 1.82) is 0 Å². The quantitative estimate of drug-likeness (QED) is 0.762. The molecule has 0 spiro atoms. The Bertz CT molecular complexity index is 532. The maximum atomic E-state index is 12.2. The topological polar surface area (TPSA) is 87.5 Å². The molecule has 21 heavy (non-hydrogen) atoms. The van der Waals surface area contributed by atoms with Crippen LogP contribution < -0.4 is 21.3 Å². The Morgan fingerprint density at radius 1 is 1.38 bits per heavy atom.